The molecule has 1 aromatic carbocycles. The lowest BCUT2D eigenvalue weighted by Crippen LogP contribution is -2.21. The fourth-order valence-corrected chi connectivity index (χ4v) is 4.77. The molecule has 3 heteroatoms. The van der Waals surface area contributed by atoms with E-state index in [0.717, 1.165) is 37.2 Å². The van der Waals surface area contributed by atoms with Crippen LogP contribution in [-0.2, 0) is 16.1 Å². The standard InChI is InChI=1S/C27H40O3/c1-2-3-4-5-6-7-8-9-10-11-18-29-25-16-13-22(14-17-25)21-30-27(28)26-20-23-12-15-24(26)19-23/h12-17,23-24,26H,2-11,18-21H2,1H3. The molecule has 2 aliphatic carbocycles. The van der Waals surface area contributed by atoms with Crippen LogP contribution in [0.25, 0.3) is 0 Å². The maximum absolute atomic E-state index is 12.3. The van der Waals surface area contributed by atoms with E-state index in [2.05, 4.69) is 19.1 Å². The van der Waals surface area contributed by atoms with Gasteiger partial charge < -0.3 is 9.47 Å². The van der Waals surface area contributed by atoms with Gasteiger partial charge in [-0.05, 0) is 48.8 Å². The number of esters is 1. The molecule has 0 spiro atoms. The highest BCUT2D eigenvalue weighted by atomic mass is 16.5. The Morgan fingerprint density at radius 2 is 1.53 bits per heavy atom. The monoisotopic (exact) mass is 412 g/mol. The predicted molar refractivity (Wildman–Crippen MR) is 122 cm³/mol. The van der Waals surface area contributed by atoms with Gasteiger partial charge in [0, 0.05) is 0 Å². The minimum absolute atomic E-state index is 0.0341. The summed E-state index contributed by atoms with van der Waals surface area (Å²) in [4.78, 5) is 12.3. The number of ether oxygens (including phenoxy) is 2. The molecule has 0 saturated heterocycles. The number of carbonyl (C=O) groups is 1. The number of unbranched alkanes of at least 4 members (excludes halogenated alkanes) is 9. The minimum atomic E-state index is -0.0341. The second-order valence-corrected chi connectivity index (χ2v) is 9.17. The molecule has 30 heavy (non-hydrogen) atoms. The Balaban J connectivity index is 1.20. The molecular weight excluding hydrogens is 372 g/mol. The van der Waals surface area contributed by atoms with E-state index in [4.69, 9.17) is 9.47 Å². The number of hydrogen-bond acceptors (Lipinski definition) is 3. The molecule has 166 valence electrons. The first-order valence-electron chi connectivity index (χ1n) is 12.3. The fraction of sp³-hybridized carbons (Fsp3) is 0.667. The number of allylic oxidation sites excluding steroid dienone is 2. The molecule has 3 atom stereocenters. The minimum Gasteiger partial charge on any atom is -0.494 e. The molecule has 3 nitrogen and oxygen atoms in total. The van der Waals surface area contributed by atoms with Crippen LogP contribution >= 0.6 is 0 Å². The molecule has 0 aliphatic heterocycles. The third-order valence-electron chi connectivity index (χ3n) is 6.65. The van der Waals surface area contributed by atoms with Gasteiger partial charge in [0.1, 0.15) is 12.4 Å². The van der Waals surface area contributed by atoms with Crippen molar-refractivity contribution in [3.05, 3.63) is 42.0 Å². The van der Waals surface area contributed by atoms with Gasteiger partial charge in [0.15, 0.2) is 0 Å². The van der Waals surface area contributed by atoms with Crippen LogP contribution in [0.15, 0.2) is 36.4 Å². The summed E-state index contributed by atoms with van der Waals surface area (Å²) in [6.45, 7) is 3.41. The van der Waals surface area contributed by atoms with Crippen LogP contribution < -0.4 is 4.74 Å². The van der Waals surface area contributed by atoms with Crippen LogP contribution in [0, 0.1) is 17.8 Å². The van der Waals surface area contributed by atoms with Crippen LogP contribution in [-0.4, -0.2) is 12.6 Å². The van der Waals surface area contributed by atoms with Crippen LogP contribution in [0.5, 0.6) is 5.75 Å². The van der Waals surface area contributed by atoms with Crippen molar-refractivity contribution in [2.75, 3.05) is 6.61 Å². The molecule has 0 heterocycles. The summed E-state index contributed by atoms with van der Waals surface area (Å²) in [6.07, 6.45) is 19.9. The van der Waals surface area contributed by atoms with Gasteiger partial charge in [-0.3, -0.25) is 4.79 Å². The molecule has 1 aromatic rings. The van der Waals surface area contributed by atoms with Crippen molar-refractivity contribution in [2.24, 2.45) is 17.8 Å². The lowest BCUT2D eigenvalue weighted by molar-refractivity contribution is -0.150. The summed E-state index contributed by atoms with van der Waals surface area (Å²) >= 11 is 0. The van der Waals surface area contributed by atoms with E-state index in [-0.39, 0.29) is 11.9 Å². The van der Waals surface area contributed by atoms with E-state index in [0.29, 0.717) is 18.4 Å². The van der Waals surface area contributed by atoms with Crippen LogP contribution in [0.3, 0.4) is 0 Å². The van der Waals surface area contributed by atoms with E-state index in [1.165, 1.54) is 57.8 Å². The van der Waals surface area contributed by atoms with Gasteiger partial charge in [-0.1, -0.05) is 89.0 Å². The fourth-order valence-electron chi connectivity index (χ4n) is 4.77. The van der Waals surface area contributed by atoms with Crippen molar-refractivity contribution in [1.29, 1.82) is 0 Å². The van der Waals surface area contributed by atoms with Gasteiger partial charge in [0.2, 0.25) is 0 Å². The first kappa shape index (κ1) is 22.9. The van der Waals surface area contributed by atoms with Crippen molar-refractivity contribution < 1.29 is 14.3 Å². The van der Waals surface area contributed by atoms with Crippen molar-refractivity contribution in [3.63, 3.8) is 0 Å². The van der Waals surface area contributed by atoms with Crippen LogP contribution in [0.1, 0.15) is 89.5 Å². The van der Waals surface area contributed by atoms with Gasteiger partial charge in [0.25, 0.3) is 0 Å². The SMILES string of the molecule is CCCCCCCCCCCCOc1ccc(COC(=O)C2CC3C=CC2C3)cc1. The Morgan fingerprint density at radius 3 is 2.13 bits per heavy atom. The zero-order chi connectivity index (χ0) is 21.0. The molecule has 1 saturated carbocycles. The number of carbonyl (C=O) groups excluding carboxylic acids is 1. The summed E-state index contributed by atoms with van der Waals surface area (Å²) in [7, 11) is 0. The highest BCUT2D eigenvalue weighted by Crippen LogP contribution is 2.43. The lowest BCUT2D eigenvalue weighted by atomic mass is 9.94. The highest BCUT2D eigenvalue weighted by Gasteiger charge is 2.40. The van der Waals surface area contributed by atoms with E-state index in [1.54, 1.807) is 0 Å². The van der Waals surface area contributed by atoms with Crippen LogP contribution in [0.2, 0.25) is 0 Å². The normalized spacial score (nSPS) is 21.8. The Labute approximate surface area is 183 Å². The summed E-state index contributed by atoms with van der Waals surface area (Å²) in [6, 6.07) is 7.98. The number of hydrogen-bond donors (Lipinski definition) is 0. The Morgan fingerprint density at radius 1 is 0.867 bits per heavy atom. The number of rotatable bonds is 15. The second kappa shape index (κ2) is 12.8. The Hall–Kier alpha value is -1.77. The van der Waals surface area contributed by atoms with Gasteiger partial charge in [-0.25, -0.2) is 0 Å². The average Bonchev–Trinajstić information content (AvgIpc) is 3.40. The van der Waals surface area contributed by atoms with E-state index in [1.807, 2.05) is 24.3 Å². The van der Waals surface area contributed by atoms with Crippen molar-refractivity contribution in [1.82, 2.24) is 0 Å². The molecule has 3 unspecified atom stereocenters. The molecule has 0 aromatic heterocycles. The Kier molecular flexibility index (Phi) is 9.79. The first-order valence-corrected chi connectivity index (χ1v) is 12.3. The third kappa shape index (κ3) is 7.49. The van der Waals surface area contributed by atoms with Crippen molar-refractivity contribution in [3.8, 4) is 5.75 Å². The Bertz CT molecular complexity index is 649. The molecule has 0 N–H and O–H groups in total. The number of benzene rings is 1. The maximum Gasteiger partial charge on any atom is 0.309 e. The third-order valence-corrected chi connectivity index (χ3v) is 6.65. The van der Waals surface area contributed by atoms with Gasteiger partial charge in [-0.2, -0.15) is 0 Å². The maximum atomic E-state index is 12.3. The molecule has 0 radical (unpaired) electrons. The smallest absolute Gasteiger partial charge is 0.309 e. The summed E-state index contributed by atoms with van der Waals surface area (Å²) < 4.78 is 11.4. The molecule has 2 aliphatic rings. The van der Waals surface area contributed by atoms with E-state index < -0.39 is 0 Å². The molecule has 0 amide bonds. The zero-order valence-corrected chi connectivity index (χ0v) is 18.8. The average molecular weight is 413 g/mol. The second-order valence-electron chi connectivity index (χ2n) is 9.17. The molecule has 3 rings (SSSR count). The molecular formula is C27H40O3. The molecule has 2 bridgehead atoms. The predicted octanol–water partition coefficient (Wildman–Crippen LogP) is 7.24. The summed E-state index contributed by atoms with van der Waals surface area (Å²) in [5.74, 6) is 1.94. The van der Waals surface area contributed by atoms with Gasteiger partial charge in [-0.15, -0.1) is 0 Å². The topological polar surface area (TPSA) is 35.5 Å². The molecule has 1 fully saturated rings. The van der Waals surface area contributed by atoms with Gasteiger partial charge >= 0.3 is 5.97 Å². The van der Waals surface area contributed by atoms with Crippen LogP contribution in [0.4, 0.5) is 0 Å². The van der Waals surface area contributed by atoms with Crippen molar-refractivity contribution >= 4 is 5.97 Å². The summed E-state index contributed by atoms with van der Waals surface area (Å²) in [5, 5.41) is 0. The summed E-state index contributed by atoms with van der Waals surface area (Å²) in [5.41, 5.74) is 1.02. The quantitative estimate of drug-likeness (QED) is 0.173. The number of fused-ring (bicyclic) bond motifs is 2. The van der Waals surface area contributed by atoms with Gasteiger partial charge in [0.05, 0.1) is 12.5 Å². The van der Waals surface area contributed by atoms with E-state index in [9.17, 15) is 4.79 Å². The lowest BCUT2D eigenvalue weighted by Gasteiger charge is -2.16. The first-order chi connectivity index (χ1) is 14.8. The highest BCUT2D eigenvalue weighted by molar-refractivity contribution is 5.74. The van der Waals surface area contributed by atoms with Crippen molar-refractivity contribution in [2.45, 2.75) is 90.6 Å². The largest absolute Gasteiger partial charge is 0.494 e. The van der Waals surface area contributed by atoms with E-state index >= 15 is 0 Å². The zero-order valence-electron chi connectivity index (χ0n) is 18.8.